The molecule has 25 heavy (non-hydrogen) atoms. The van der Waals surface area contributed by atoms with Crippen molar-refractivity contribution in [3.8, 4) is 5.75 Å². The SMILES string of the molecule is O=C(O)c1ccc(COc2ccc(/C=C/c3ccncc3)cc2)cc1. The van der Waals surface area contributed by atoms with Gasteiger partial charge in [-0.15, -0.1) is 0 Å². The van der Waals surface area contributed by atoms with Crippen molar-refractivity contribution in [1.82, 2.24) is 4.98 Å². The molecule has 0 amide bonds. The molecule has 0 spiro atoms. The van der Waals surface area contributed by atoms with Gasteiger partial charge in [-0.1, -0.05) is 36.4 Å². The van der Waals surface area contributed by atoms with E-state index in [0.29, 0.717) is 6.61 Å². The maximum Gasteiger partial charge on any atom is 0.335 e. The standard InChI is InChI=1S/C21H17NO3/c23-21(24)19-7-3-18(4-8-19)15-25-20-9-5-16(6-10-20)1-2-17-11-13-22-14-12-17/h1-14H,15H2,(H,23,24)/b2-1+. The van der Waals surface area contributed by atoms with E-state index in [1.54, 1.807) is 36.7 Å². The average Bonchev–Trinajstić information content (AvgIpc) is 2.67. The number of carboxylic acids is 1. The van der Waals surface area contributed by atoms with E-state index >= 15 is 0 Å². The van der Waals surface area contributed by atoms with Gasteiger partial charge in [0.15, 0.2) is 0 Å². The van der Waals surface area contributed by atoms with Crippen LogP contribution in [-0.4, -0.2) is 16.1 Å². The fourth-order valence-electron chi connectivity index (χ4n) is 2.25. The molecule has 0 fully saturated rings. The van der Waals surface area contributed by atoms with Gasteiger partial charge in [-0.3, -0.25) is 4.98 Å². The molecule has 0 aliphatic carbocycles. The monoisotopic (exact) mass is 331 g/mol. The van der Waals surface area contributed by atoms with Crippen LogP contribution in [0.1, 0.15) is 27.0 Å². The number of hydrogen-bond donors (Lipinski definition) is 1. The molecule has 0 aliphatic rings. The van der Waals surface area contributed by atoms with Gasteiger partial charge in [0.05, 0.1) is 5.56 Å². The molecule has 0 atom stereocenters. The summed E-state index contributed by atoms with van der Waals surface area (Å²) in [6, 6.07) is 18.4. The van der Waals surface area contributed by atoms with Crippen molar-refractivity contribution in [2.75, 3.05) is 0 Å². The van der Waals surface area contributed by atoms with Gasteiger partial charge in [0, 0.05) is 12.4 Å². The van der Waals surface area contributed by atoms with Crippen molar-refractivity contribution >= 4 is 18.1 Å². The van der Waals surface area contributed by atoms with E-state index in [1.807, 2.05) is 48.6 Å². The van der Waals surface area contributed by atoms with Crippen LogP contribution in [0.5, 0.6) is 5.75 Å². The van der Waals surface area contributed by atoms with Gasteiger partial charge in [-0.25, -0.2) is 4.79 Å². The van der Waals surface area contributed by atoms with E-state index in [4.69, 9.17) is 9.84 Å². The van der Waals surface area contributed by atoms with Crippen LogP contribution in [0.25, 0.3) is 12.2 Å². The molecule has 1 N–H and O–H groups in total. The quantitative estimate of drug-likeness (QED) is 0.721. The smallest absolute Gasteiger partial charge is 0.335 e. The molecule has 4 nitrogen and oxygen atoms in total. The Labute approximate surface area is 146 Å². The second kappa shape index (κ2) is 7.93. The first-order valence-electron chi connectivity index (χ1n) is 7.84. The number of aromatic nitrogens is 1. The Hall–Kier alpha value is -3.40. The van der Waals surface area contributed by atoms with Crippen LogP contribution >= 0.6 is 0 Å². The minimum Gasteiger partial charge on any atom is -0.489 e. The molecule has 2 aromatic carbocycles. The zero-order chi connectivity index (χ0) is 17.5. The largest absolute Gasteiger partial charge is 0.489 e. The lowest BCUT2D eigenvalue weighted by atomic mass is 10.1. The first kappa shape index (κ1) is 16.5. The fraction of sp³-hybridized carbons (Fsp3) is 0.0476. The molecular weight excluding hydrogens is 314 g/mol. The van der Waals surface area contributed by atoms with Crippen molar-refractivity contribution in [2.45, 2.75) is 6.61 Å². The normalized spacial score (nSPS) is 10.7. The van der Waals surface area contributed by atoms with E-state index < -0.39 is 5.97 Å². The Morgan fingerprint density at radius 1 is 0.880 bits per heavy atom. The third-order valence-electron chi connectivity index (χ3n) is 3.66. The highest BCUT2D eigenvalue weighted by Crippen LogP contribution is 2.16. The van der Waals surface area contributed by atoms with Crippen LogP contribution in [0.2, 0.25) is 0 Å². The lowest BCUT2D eigenvalue weighted by Crippen LogP contribution is -1.98. The highest BCUT2D eigenvalue weighted by atomic mass is 16.5. The molecule has 3 rings (SSSR count). The molecule has 0 radical (unpaired) electrons. The van der Waals surface area contributed by atoms with Crippen LogP contribution in [0, 0.1) is 0 Å². The molecule has 0 bridgehead atoms. The predicted molar refractivity (Wildman–Crippen MR) is 97.3 cm³/mol. The number of pyridine rings is 1. The van der Waals surface area contributed by atoms with Gasteiger partial charge in [-0.05, 0) is 53.1 Å². The minimum absolute atomic E-state index is 0.272. The zero-order valence-electron chi connectivity index (χ0n) is 13.5. The van der Waals surface area contributed by atoms with Gasteiger partial charge >= 0.3 is 5.97 Å². The lowest BCUT2D eigenvalue weighted by Gasteiger charge is -2.07. The van der Waals surface area contributed by atoms with E-state index in [2.05, 4.69) is 4.98 Å². The molecule has 1 heterocycles. The number of carbonyl (C=O) groups is 1. The number of rotatable bonds is 6. The Bertz CT molecular complexity index is 854. The van der Waals surface area contributed by atoms with Crippen LogP contribution in [-0.2, 0) is 6.61 Å². The summed E-state index contributed by atoms with van der Waals surface area (Å²) in [6.07, 6.45) is 7.59. The molecular formula is C21H17NO3. The van der Waals surface area contributed by atoms with Crippen molar-refractivity contribution in [2.24, 2.45) is 0 Å². The molecule has 0 saturated carbocycles. The van der Waals surface area contributed by atoms with Crippen LogP contribution in [0.3, 0.4) is 0 Å². The topological polar surface area (TPSA) is 59.4 Å². The van der Waals surface area contributed by atoms with Gasteiger partial charge in [-0.2, -0.15) is 0 Å². The highest BCUT2D eigenvalue weighted by Gasteiger charge is 2.02. The van der Waals surface area contributed by atoms with E-state index in [0.717, 1.165) is 22.4 Å². The Kier molecular flexibility index (Phi) is 5.22. The first-order valence-corrected chi connectivity index (χ1v) is 7.84. The highest BCUT2D eigenvalue weighted by molar-refractivity contribution is 5.87. The number of aromatic carboxylic acids is 1. The molecule has 124 valence electrons. The molecule has 4 heteroatoms. The van der Waals surface area contributed by atoms with E-state index in [-0.39, 0.29) is 5.56 Å². The number of ether oxygens (including phenoxy) is 1. The third kappa shape index (κ3) is 4.78. The maximum atomic E-state index is 10.8. The Morgan fingerprint density at radius 3 is 2.08 bits per heavy atom. The summed E-state index contributed by atoms with van der Waals surface area (Å²) in [4.78, 5) is 14.8. The van der Waals surface area contributed by atoms with Crippen molar-refractivity contribution in [1.29, 1.82) is 0 Å². The van der Waals surface area contributed by atoms with Gasteiger partial charge in [0.1, 0.15) is 12.4 Å². The summed E-state index contributed by atoms with van der Waals surface area (Å²) in [7, 11) is 0. The van der Waals surface area contributed by atoms with Crippen molar-refractivity contribution < 1.29 is 14.6 Å². The van der Waals surface area contributed by atoms with Gasteiger partial charge in [0.2, 0.25) is 0 Å². The molecule has 0 saturated heterocycles. The number of benzene rings is 2. The summed E-state index contributed by atoms with van der Waals surface area (Å²) in [5, 5.41) is 8.89. The third-order valence-corrected chi connectivity index (χ3v) is 3.66. The van der Waals surface area contributed by atoms with Crippen LogP contribution in [0.4, 0.5) is 0 Å². The maximum absolute atomic E-state index is 10.8. The van der Waals surface area contributed by atoms with Crippen LogP contribution < -0.4 is 4.74 Å². The van der Waals surface area contributed by atoms with Crippen molar-refractivity contribution in [3.63, 3.8) is 0 Å². The second-order valence-corrected chi connectivity index (χ2v) is 5.47. The summed E-state index contributed by atoms with van der Waals surface area (Å²) >= 11 is 0. The summed E-state index contributed by atoms with van der Waals surface area (Å²) in [5.74, 6) is -0.161. The van der Waals surface area contributed by atoms with Crippen molar-refractivity contribution in [3.05, 3.63) is 95.3 Å². The Balaban J connectivity index is 1.57. The number of nitrogens with zero attached hydrogens (tertiary/aromatic N) is 1. The number of carboxylic acid groups (broad SMARTS) is 1. The minimum atomic E-state index is -0.928. The molecule has 1 aromatic heterocycles. The van der Waals surface area contributed by atoms with Crippen LogP contribution in [0.15, 0.2) is 73.1 Å². The Morgan fingerprint density at radius 2 is 1.48 bits per heavy atom. The van der Waals surface area contributed by atoms with Gasteiger partial charge in [0.25, 0.3) is 0 Å². The first-order chi connectivity index (χ1) is 12.2. The zero-order valence-corrected chi connectivity index (χ0v) is 13.5. The summed E-state index contributed by atoms with van der Waals surface area (Å²) < 4.78 is 5.73. The predicted octanol–water partition coefficient (Wildman–Crippen LogP) is 4.53. The molecule has 0 aliphatic heterocycles. The summed E-state index contributed by atoms with van der Waals surface area (Å²) in [6.45, 7) is 0.395. The van der Waals surface area contributed by atoms with E-state index in [9.17, 15) is 4.79 Å². The van der Waals surface area contributed by atoms with Gasteiger partial charge < -0.3 is 9.84 Å². The lowest BCUT2D eigenvalue weighted by molar-refractivity contribution is 0.0697. The van der Waals surface area contributed by atoms with E-state index in [1.165, 1.54) is 0 Å². The average molecular weight is 331 g/mol. The number of hydrogen-bond acceptors (Lipinski definition) is 3. The second-order valence-electron chi connectivity index (χ2n) is 5.47. The fourth-order valence-corrected chi connectivity index (χ4v) is 2.25. The summed E-state index contributed by atoms with van der Waals surface area (Å²) in [5.41, 5.74) is 3.37. The molecule has 3 aromatic rings. The molecule has 0 unspecified atom stereocenters.